The van der Waals surface area contributed by atoms with Crippen LogP contribution in [-0.4, -0.2) is 30.5 Å². The van der Waals surface area contributed by atoms with Gasteiger partial charge in [-0.15, -0.1) is 11.3 Å². The van der Waals surface area contributed by atoms with Crippen LogP contribution in [0.3, 0.4) is 0 Å². The van der Waals surface area contributed by atoms with E-state index in [9.17, 15) is 4.79 Å². The molecule has 1 amide bonds. The molecule has 0 atom stereocenters. The van der Waals surface area contributed by atoms with Crippen LogP contribution in [-0.2, 0) is 13.1 Å². The Bertz CT molecular complexity index is 1140. The van der Waals surface area contributed by atoms with Crippen LogP contribution < -0.4 is 5.32 Å². The van der Waals surface area contributed by atoms with Gasteiger partial charge in [0.05, 0.1) is 22.7 Å². The van der Waals surface area contributed by atoms with E-state index in [0.717, 1.165) is 10.6 Å². The van der Waals surface area contributed by atoms with Gasteiger partial charge >= 0.3 is 0 Å². The summed E-state index contributed by atoms with van der Waals surface area (Å²) in [6, 6.07) is 13.6. The Morgan fingerprint density at radius 1 is 1.25 bits per heavy atom. The van der Waals surface area contributed by atoms with Gasteiger partial charge in [-0.25, -0.2) is 4.68 Å². The van der Waals surface area contributed by atoms with Crippen molar-refractivity contribution in [1.82, 2.24) is 29.9 Å². The van der Waals surface area contributed by atoms with Gasteiger partial charge < -0.3 is 9.88 Å². The third-order valence-electron chi connectivity index (χ3n) is 4.29. The molecule has 0 saturated heterocycles. The third kappa shape index (κ3) is 3.54. The van der Waals surface area contributed by atoms with E-state index < -0.39 is 0 Å². The van der Waals surface area contributed by atoms with E-state index in [4.69, 9.17) is 12.2 Å². The van der Waals surface area contributed by atoms with E-state index >= 15 is 0 Å². The fourth-order valence-corrected chi connectivity index (χ4v) is 3.92. The number of H-pyrrole nitrogens is 1. The first kappa shape index (κ1) is 18.3. The Morgan fingerprint density at radius 3 is 2.79 bits per heavy atom. The summed E-state index contributed by atoms with van der Waals surface area (Å²) in [6.07, 6.45) is 1.76. The molecule has 4 rings (SSSR count). The first-order valence-corrected chi connectivity index (χ1v) is 10.1. The van der Waals surface area contributed by atoms with Gasteiger partial charge in [0.2, 0.25) is 0 Å². The first-order valence-electron chi connectivity index (χ1n) is 8.78. The van der Waals surface area contributed by atoms with Crippen LogP contribution in [0.25, 0.3) is 16.3 Å². The maximum Gasteiger partial charge on any atom is 0.255 e. The number of thiophene rings is 1. The molecule has 28 heavy (non-hydrogen) atoms. The molecule has 0 unspecified atom stereocenters. The molecule has 3 aromatic heterocycles. The minimum absolute atomic E-state index is 0.206. The zero-order chi connectivity index (χ0) is 19.5. The average Bonchev–Trinajstić information content (AvgIpc) is 3.46. The molecule has 142 valence electrons. The van der Waals surface area contributed by atoms with Crippen molar-refractivity contribution in [2.24, 2.45) is 0 Å². The van der Waals surface area contributed by atoms with Crippen LogP contribution >= 0.6 is 23.6 Å². The lowest BCUT2D eigenvalue weighted by molar-refractivity contribution is 0.0950. The second-order valence-corrected chi connectivity index (χ2v) is 7.36. The topological polar surface area (TPSA) is 80.5 Å². The molecular weight excluding hydrogens is 392 g/mol. The summed E-state index contributed by atoms with van der Waals surface area (Å²) in [6.45, 7) is 2.95. The van der Waals surface area contributed by atoms with E-state index in [1.54, 1.807) is 22.2 Å². The zero-order valence-corrected chi connectivity index (χ0v) is 16.8. The summed E-state index contributed by atoms with van der Waals surface area (Å²) in [4.78, 5) is 13.9. The maximum atomic E-state index is 13.0. The number of aromatic amines is 1. The van der Waals surface area contributed by atoms with E-state index in [1.807, 2.05) is 59.3 Å². The minimum atomic E-state index is -0.206. The predicted molar refractivity (Wildman–Crippen MR) is 111 cm³/mol. The van der Waals surface area contributed by atoms with E-state index in [1.165, 1.54) is 0 Å². The van der Waals surface area contributed by atoms with E-state index in [0.29, 0.717) is 28.4 Å². The van der Waals surface area contributed by atoms with Gasteiger partial charge in [0.1, 0.15) is 5.69 Å². The Morgan fingerprint density at radius 2 is 2.07 bits per heavy atom. The number of aromatic nitrogens is 5. The SMILES string of the molecule is CCn1c(CNC(=O)c2cn(-c3ccccc3)nc2-c2cccs2)n[nH]c1=S. The molecule has 9 heteroatoms. The molecule has 0 fully saturated rings. The van der Waals surface area contributed by atoms with Gasteiger partial charge in [-0.05, 0) is 42.7 Å². The summed E-state index contributed by atoms with van der Waals surface area (Å²) >= 11 is 6.75. The number of amides is 1. The summed E-state index contributed by atoms with van der Waals surface area (Å²) in [5.41, 5.74) is 2.07. The minimum Gasteiger partial charge on any atom is -0.345 e. The van der Waals surface area contributed by atoms with Gasteiger partial charge in [0.15, 0.2) is 10.6 Å². The summed E-state index contributed by atoms with van der Waals surface area (Å²) in [7, 11) is 0. The second kappa shape index (κ2) is 7.91. The number of nitrogens with zero attached hydrogens (tertiary/aromatic N) is 4. The number of nitrogens with one attached hydrogen (secondary N) is 2. The van der Waals surface area contributed by atoms with Crippen molar-refractivity contribution in [3.63, 3.8) is 0 Å². The number of rotatable bonds is 6. The molecule has 0 aliphatic heterocycles. The molecule has 4 aromatic rings. The van der Waals surface area contributed by atoms with E-state index in [2.05, 4.69) is 20.6 Å². The molecular formula is C19H18N6OS2. The Kier molecular flexibility index (Phi) is 5.18. The fraction of sp³-hybridized carbons (Fsp3) is 0.158. The van der Waals surface area contributed by atoms with Crippen molar-refractivity contribution in [2.75, 3.05) is 0 Å². The summed E-state index contributed by atoms with van der Waals surface area (Å²) in [5.74, 6) is 0.483. The Balaban J connectivity index is 1.64. The fourth-order valence-electron chi connectivity index (χ4n) is 2.91. The van der Waals surface area contributed by atoms with Crippen LogP contribution in [0.15, 0.2) is 54.0 Å². The number of hydrogen-bond acceptors (Lipinski definition) is 5. The largest absolute Gasteiger partial charge is 0.345 e. The normalized spacial score (nSPS) is 10.9. The molecule has 0 bridgehead atoms. The lowest BCUT2D eigenvalue weighted by Gasteiger charge is -2.06. The second-order valence-electron chi connectivity index (χ2n) is 6.02. The predicted octanol–water partition coefficient (Wildman–Crippen LogP) is 3.80. The van der Waals surface area contributed by atoms with Crippen molar-refractivity contribution in [3.8, 4) is 16.3 Å². The van der Waals surface area contributed by atoms with Crippen molar-refractivity contribution in [3.05, 3.63) is 70.2 Å². The highest BCUT2D eigenvalue weighted by Crippen LogP contribution is 2.27. The van der Waals surface area contributed by atoms with Gasteiger partial charge in [0.25, 0.3) is 5.91 Å². The standard InChI is InChI=1S/C19H18N6OS2/c1-2-24-16(21-22-19(24)27)11-20-18(26)14-12-25(13-7-4-3-5-8-13)23-17(14)15-9-6-10-28-15/h3-10,12H,2,11H2,1H3,(H,20,26)(H,22,27). The first-order chi connectivity index (χ1) is 13.7. The van der Waals surface area contributed by atoms with E-state index in [-0.39, 0.29) is 12.5 Å². The lowest BCUT2D eigenvalue weighted by atomic mass is 10.2. The Labute approximate surface area is 170 Å². The van der Waals surface area contributed by atoms with Gasteiger partial charge in [-0.1, -0.05) is 24.3 Å². The molecule has 3 heterocycles. The number of hydrogen-bond donors (Lipinski definition) is 2. The molecule has 0 radical (unpaired) electrons. The summed E-state index contributed by atoms with van der Waals surface area (Å²) < 4.78 is 4.12. The van der Waals surface area contributed by atoms with Crippen LogP contribution in [0.5, 0.6) is 0 Å². The third-order valence-corrected chi connectivity index (χ3v) is 5.48. The van der Waals surface area contributed by atoms with Gasteiger partial charge in [-0.3, -0.25) is 9.89 Å². The van der Waals surface area contributed by atoms with Gasteiger partial charge in [-0.2, -0.15) is 10.2 Å². The maximum absolute atomic E-state index is 13.0. The lowest BCUT2D eigenvalue weighted by Crippen LogP contribution is -2.25. The molecule has 7 nitrogen and oxygen atoms in total. The molecule has 0 spiro atoms. The van der Waals surface area contributed by atoms with Crippen LogP contribution in [0.1, 0.15) is 23.1 Å². The van der Waals surface area contributed by atoms with Crippen molar-refractivity contribution >= 4 is 29.5 Å². The number of carbonyl (C=O) groups is 1. The van der Waals surface area contributed by atoms with Crippen LogP contribution in [0.2, 0.25) is 0 Å². The summed E-state index contributed by atoms with van der Waals surface area (Å²) in [5, 5.41) is 16.5. The molecule has 2 N–H and O–H groups in total. The van der Waals surface area contributed by atoms with Crippen molar-refractivity contribution in [1.29, 1.82) is 0 Å². The number of carbonyl (C=O) groups excluding carboxylic acids is 1. The molecule has 1 aromatic carbocycles. The van der Waals surface area contributed by atoms with Crippen molar-refractivity contribution in [2.45, 2.75) is 20.0 Å². The number of benzene rings is 1. The quantitative estimate of drug-likeness (QED) is 0.474. The van der Waals surface area contributed by atoms with Crippen molar-refractivity contribution < 1.29 is 4.79 Å². The average molecular weight is 411 g/mol. The molecule has 0 saturated carbocycles. The molecule has 0 aliphatic rings. The van der Waals surface area contributed by atoms with Crippen LogP contribution in [0, 0.1) is 4.77 Å². The number of para-hydroxylation sites is 1. The zero-order valence-electron chi connectivity index (χ0n) is 15.1. The van der Waals surface area contributed by atoms with Crippen LogP contribution in [0.4, 0.5) is 0 Å². The monoisotopic (exact) mass is 410 g/mol. The Hall–Kier alpha value is -3.04. The highest BCUT2D eigenvalue weighted by molar-refractivity contribution is 7.71. The highest BCUT2D eigenvalue weighted by Gasteiger charge is 2.19. The smallest absolute Gasteiger partial charge is 0.255 e. The molecule has 0 aliphatic carbocycles. The van der Waals surface area contributed by atoms with Gasteiger partial charge in [0, 0.05) is 12.7 Å². The highest BCUT2D eigenvalue weighted by atomic mass is 32.1.